The maximum absolute atomic E-state index is 11.9. The first kappa shape index (κ1) is 17.9. The molecule has 120 valence electrons. The van der Waals surface area contributed by atoms with Crippen LogP contribution in [0, 0.1) is 11.8 Å². The summed E-state index contributed by atoms with van der Waals surface area (Å²) >= 11 is 0. The number of hydrogen-bond acceptors (Lipinski definition) is 4. The van der Waals surface area contributed by atoms with Crippen molar-refractivity contribution in [2.24, 2.45) is 11.8 Å². The zero-order valence-corrected chi connectivity index (χ0v) is 14.4. The fraction of sp³-hybridized carbons (Fsp3) is 1.00. The van der Waals surface area contributed by atoms with Gasteiger partial charge in [-0.05, 0) is 58.2 Å². The number of piperidine rings is 1. The molecule has 1 aliphatic heterocycles. The lowest BCUT2D eigenvalue weighted by molar-refractivity contribution is 0.180. The van der Waals surface area contributed by atoms with Crippen LogP contribution >= 0.6 is 0 Å². The van der Waals surface area contributed by atoms with Crippen LogP contribution in [0.15, 0.2) is 0 Å². The van der Waals surface area contributed by atoms with E-state index in [1.807, 2.05) is 0 Å². The minimum atomic E-state index is -2.90. The van der Waals surface area contributed by atoms with Crippen molar-refractivity contribution in [1.29, 1.82) is 0 Å². The van der Waals surface area contributed by atoms with Crippen LogP contribution in [0.2, 0.25) is 0 Å². The summed E-state index contributed by atoms with van der Waals surface area (Å²) in [6.45, 7) is 12.9. The molecule has 0 aromatic carbocycles. The van der Waals surface area contributed by atoms with Gasteiger partial charge in [0, 0.05) is 13.1 Å². The normalized spacial score (nSPS) is 21.8. The van der Waals surface area contributed by atoms with Gasteiger partial charge in [-0.3, -0.25) is 0 Å². The molecule has 5 heteroatoms. The van der Waals surface area contributed by atoms with Crippen LogP contribution in [0.3, 0.4) is 0 Å². The van der Waals surface area contributed by atoms with Gasteiger partial charge in [0.1, 0.15) is 0 Å². The average molecular weight is 305 g/mol. The van der Waals surface area contributed by atoms with E-state index < -0.39 is 9.84 Å². The molecule has 0 spiro atoms. The van der Waals surface area contributed by atoms with Gasteiger partial charge in [0.15, 0.2) is 9.84 Å². The van der Waals surface area contributed by atoms with Crippen LogP contribution in [0.1, 0.15) is 40.5 Å². The standard InChI is InChI=1S/C15H32N2O2S/c1-13(2)10-16-11-15-6-5-7-17(12-15)8-9-20(18,19)14(3)4/h13-16H,5-12H2,1-4H3. The van der Waals surface area contributed by atoms with E-state index in [0.29, 0.717) is 24.1 Å². The van der Waals surface area contributed by atoms with Crippen LogP contribution in [-0.4, -0.2) is 57.0 Å². The summed E-state index contributed by atoms with van der Waals surface area (Å²) in [6, 6.07) is 0. The van der Waals surface area contributed by atoms with E-state index in [2.05, 4.69) is 24.1 Å². The van der Waals surface area contributed by atoms with Crippen LogP contribution < -0.4 is 5.32 Å². The molecule has 20 heavy (non-hydrogen) atoms. The molecular weight excluding hydrogens is 272 g/mol. The van der Waals surface area contributed by atoms with Crippen molar-refractivity contribution in [3.63, 3.8) is 0 Å². The molecule has 0 aromatic rings. The first-order chi connectivity index (χ1) is 9.31. The molecule has 1 fully saturated rings. The largest absolute Gasteiger partial charge is 0.316 e. The highest BCUT2D eigenvalue weighted by molar-refractivity contribution is 7.92. The Morgan fingerprint density at radius 2 is 1.95 bits per heavy atom. The Hall–Kier alpha value is -0.130. The Kier molecular flexibility index (Phi) is 7.48. The number of nitrogens with zero attached hydrogens (tertiary/aromatic N) is 1. The summed E-state index contributed by atoms with van der Waals surface area (Å²) in [5.74, 6) is 1.66. The van der Waals surface area contributed by atoms with Crippen molar-refractivity contribution in [1.82, 2.24) is 10.2 Å². The average Bonchev–Trinajstić information content (AvgIpc) is 2.36. The van der Waals surface area contributed by atoms with Gasteiger partial charge >= 0.3 is 0 Å². The molecule has 1 aliphatic rings. The highest BCUT2D eigenvalue weighted by Crippen LogP contribution is 2.16. The van der Waals surface area contributed by atoms with Gasteiger partial charge in [0.05, 0.1) is 11.0 Å². The maximum atomic E-state index is 11.9. The molecule has 1 saturated heterocycles. The van der Waals surface area contributed by atoms with Crippen molar-refractivity contribution in [3.05, 3.63) is 0 Å². The first-order valence-corrected chi connectivity index (χ1v) is 9.67. The zero-order valence-electron chi connectivity index (χ0n) is 13.6. The minimum absolute atomic E-state index is 0.254. The van der Waals surface area contributed by atoms with Crippen molar-refractivity contribution in [2.75, 3.05) is 38.5 Å². The molecule has 0 aromatic heterocycles. The third-order valence-electron chi connectivity index (χ3n) is 4.00. The number of rotatable bonds is 8. The SMILES string of the molecule is CC(C)CNCC1CCCN(CCS(=O)(=O)C(C)C)C1. The molecular formula is C15H32N2O2S. The van der Waals surface area contributed by atoms with E-state index in [1.54, 1.807) is 13.8 Å². The van der Waals surface area contributed by atoms with E-state index in [4.69, 9.17) is 0 Å². The molecule has 1 rings (SSSR count). The second kappa shape index (κ2) is 8.35. The fourth-order valence-electron chi connectivity index (χ4n) is 2.59. The van der Waals surface area contributed by atoms with Crippen LogP contribution in [-0.2, 0) is 9.84 Å². The van der Waals surface area contributed by atoms with E-state index >= 15 is 0 Å². The maximum Gasteiger partial charge on any atom is 0.153 e. The lowest BCUT2D eigenvalue weighted by atomic mass is 9.98. The fourth-order valence-corrected chi connectivity index (χ4v) is 3.57. The van der Waals surface area contributed by atoms with E-state index in [1.165, 1.54) is 12.8 Å². The summed E-state index contributed by atoms with van der Waals surface area (Å²) in [4.78, 5) is 2.32. The highest BCUT2D eigenvalue weighted by atomic mass is 32.2. The topological polar surface area (TPSA) is 49.4 Å². The van der Waals surface area contributed by atoms with Gasteiger partial charge in [-0.25, -0.2) is 8.42 Å². The minimum Gasteiger partial charge on any atom is -0.316 e. The van der Waals surface area contributed by atoms with Crippen LogP contribution in [0.25, 0.3) is 0 Å². The Bertz CT molecular complexity index is 366. The summed E-state index contributed by atoms with van der Waals surface area (Å²) in [7, 11) is -2.90. The monoisotopic (exact) mass is 304 g/mol. The second-order valence-electron chi connectivity index (χ2n) is 6.78. The van der Waals surface area contributed by atoms with Crippen LogP contribution in [0.5, 0.6) is 0 Å². The molecule has 1 unspecified atom stereocenters. The molecule has 0 aliphatic carbocycles. The molecule has 1 N–H and O–H groups in total. The Labute approximate surface area is 125 Å². The van der Waals surface area contributed by atoms with E-state index in [-0.39, 0.29) is 5.25 Å². The van der Waals surface area contributed by atoms with Crippen molar-refractivity contribution in [2.45, 2.75) is 45.8 Å². The zero-order chi connectivity index (χ0) is 15.2. The predicted molar refractivity (Wildman–Crippen MR) is 85.8 cm³/mol. The molecule has 1 atom stereocenters. The molecule has 0 saturated carbocycles. The Morgan fingerprint density at radius 3 is 2.55 bits per heavy atom. The molecule has 4 nitrogen and oxygen atoms in total. The third kappa shape index (κ3) is 6.55. The summed E-state index contributed by atoms with van der Waals surface area (Å²) in [6.07, 6.45) is 2.45. The summed E-state index contributed by atoms with van der Waals surface area (Å²) in [5, 5.41) is 3.27. The summed E-state index contributed by atoms with van der Waals surface area (Å²) in [5.41, 5.74) is 0. The van der Waals surface area contributed by atoms with Crippen molar-refractivity contribution >= 4 is 9.84 Å². The van der Waals surface area contributed by atoms with Gasteiger partial charge in [0.2, 0.25) is 0 Å². The van der Waals surface area contributed by atoms with E-state index in [9.17, 15) is 8.42 Å². The third-order valence-corrected chi connectivity index (χ3v) is 6.19. The second-order valence-corrected chi connectivity index (χ2v) is 9.45. The quantitative estimate of drug-likeness (QED) is 0.742. The highest BCUT2D eigenvalue weighted by Gasteiger charge is 2.22. The number of likely N-dealkylation sites (tertiary alicyclic amines) is 1. The smallest absolute Gasteiger partial charge is 0.153 e. The first-order valence-electron chi connectivity index (χ1n) is 7.96. The van der Waals surface area contributed by atoms with Crippen molar-refractivity contribution < 1.29 is 8.42 Å². The lowest BCUT2D eigenvalue weighted by Crippen LogP contribution is -2.42. The van der Waals surface area contributed by atoms with Gasteiger partial charge in [-0.15, -0.1) is 0 Å². The van der Waals surface area contributed by atoms with Gasteiger partial charge in [-0.1, -0.05) is 13.8 Å². The van der Waals surface area contributed by atoms with Gasteiger partial charge < -0.3 is 10.2 Å². The lowest BCUT2D eigenvalue weighted by Gasteiger charge is -2.33. The number of nitrogens with one attached hydrogen (secondary N) is 1. The van der Waals surface area contributed by atoms with Gasteiger partial charge in [0.25, 0.3) is 0 Å². The number of hydrogen-bond donors (Lipinski definition) is 1. The molecule has 0 amide bonds. The number of sulfone groups is 1. The van der Waals surface area contributed by atoms with Crippen LogP contribution in [0.4, 0.5) is 0 Å². The van der Waals surface area contributed by atoms with Crippen molar-refractivity contribution in [3.8, 4) is 0 Å². The molecule has 1 heterocycles. The summed E-state index contributed by atoms with van der Waals surface area (Å²) < 4.78 is 23.7. The van der Waals surface area contributed by atoms with Gasteiger partial charge in [-0.2, -0.15) is 0 Å². The van der Waals surface area contributed by atoms with E-state index in [0.717, 1.165) is 26.2 Å². The Morgan fingerprint density at radius 1 is 1.25 bits per heavy atom. The predicted octanol–water partition coefficient (Wildman–Crippen LogP) is 1.77. The molecule has 0 bridgehead atoms. The Balaban J connectivity index is 2.30. The molecule has 0 radical (unpaired) electrons.